The van der Waals surface area contributed by atoms with E-state index in [9.17, 15) is 4.79 Å². The first kappa shape index (κ1) is 16.1. The Morgan fingerprint density at radius 2 is 1.94 bits per heavy atom. The number of amides is 1. The van der Waals surface area contributed by atoms with Crippen molar-refractivity contribution in [3.05, 3.63) is 0 Å². The van der Waals surface area contributed by atoms with Gasteiger partial charge in [-0.3, -0.25) is 4.79 Å². The fourth-order valence-electron chi connectivity index (χ4n) is 1.97. The largest absolute Gasteiger partial charge is 0.395 e. The Kier molecular flexibility index (Phi) is 8.92. The van der Waals surface area contributed by atoms with E-state index >= 15 is 0 Å². The predicted octanol–water partition coefficient (Wildman–Crippen LogP) is 1.51. The van der Waals surface area contributed by atoms with E-state index in [1.807, 2.05) is 21.6 Å². The zero-order valence-electron chi connectivity index (χ0n) is 10.7. The molecule has 0 aliphatic carbocycles. The summed E-state index contributed by atoms with van der Waals surface area (Å²) in [4.78, 5) is 13.4. The Balaban J connectivity index is 2.09. The van der Waals surface area contributed by atoms with E-state index in [0.29, 0.717) is 19.5 Å². The Morgan fingerprint density at radius 3 is 2.50 bits per heavy atom. The fourth-order valence-corrected chi connectivity index (χ4v) is 5.00. The van der Waals surface area contributed by atoms with E-state index in [0.717, 1.165) is 18.1 Å². The molecule has 1 fully saturated rings. The second kappa shape index (κ2) is 9.95. The summed E-state index contributed by atoms with van der Waals surface area (Å²) in [5, 5.41) is 18.5. The van der Waals surface area contributed by atoms with Crippen LogP contribution in [0.4, 0.5) is 0 Å². The molecule has 4 nitrogen and oxygen atoms in total. The smallest absolute Gasteiger partial charge is 0.222 e. The van der Waals surface area contributed by atoms with Crippen molar-refractivity contribution in [2.45, 2.75) is 37.4 Å². The summed E-state index contributed by atoms with van der Waals surface area (Å²) in [6, 6.07) is 0. The second-order valence-electron chi connectivity index (χ2n) is 4.40. The van der Waals surface area contributed by atoms with Crippen LogP contribution in [0.3, 0.4) is 0 Å². The first-order valence-corrected chi connectivity index (χ1v) is 8.94. The molecule has 6 heteroatoms. The quantitative estimate of drug-likeness (QED) is 0.498. The van der Waals surface area contributed by atoms with Crippen LogP contribution in [0, 0.1) is 0 Å². The predicted molar refractivity (Wildman–Crippen MR) is 77.7 cm³/mol. The molecule has 0 aromatic carbocycles. The molecule has 0 saturated carbocycles. The first-order chi connectivity index (χ1) is 8.77. The van der Waals surface area contributed by atoms with Gasteiger partial charge in [-0.2, -0.15) is 0 Å². The molecule has 1 saturated heterocycles. The molecule has 1 amide bonds. The highest BCUT2D eigenvalue weighted by Gasteiger charge is 2.16. The minimum atomic E-state index is -0.0400. The van der Waals surface area contributed by atoms with E-state index in [1.165, 1.54) is 18.6 Å². The lowest BCUT2D eigenvalue weighted by molar-refractivity contribution is -0.132. The van der Waals surface area contributed by atoms with E-state index in [4.69, 9.17) is 10.2 Å². The third-order valence-electron chi connectivity index (χ3n) is 2.99. The van der Waals surface area contributed by atoms with Crippen molar-refractivity contribution in [2.75, 3.05) is 32.1 Å². The van der Waals surface area contributed by atoms with Crippen molar-refractivity contribution >= 4 is 27.5 Å². The van der Waals surface area contributed by atoms with Crippen molar-refractivity contribution in [1.82, 2.24) is 4.90 Å². The normalized spacial score (nSPS) is 19.1. The summed E-state index contributed by atoms with van der Waals surface area (Å²) in [5.41, 5.74) is 0. The van der Waals surface area contributed by atoms with Gasteiger partial charge < -0.3 is 15.1 Å². The summed E-state index contributed by atoms with van der Waals surface area (Å²) in [7, 11) is 3.93. The summed E-state index contributed by atoms with van der Waals surface area (Å²) in [6.45, 7) is 0.576. The lowest BCUT2D eigenvalue weighted by atomic mass is 10.1. The van der Waals surface area contributed by atoms with Gasteiger partial charge in [0.2, 0.25) is 5.91 Å². The number of aliphatic hydroxyl groups is 2. The van der Waals surface area contributed by atoms with Crippen LogP contribution in [-0.2, 0) is 4.79 Å². The minimum Gasteiger partial charge on any atom is -0.395 e. The van der Waals surface area contributed by atoms with Crippen LogP contribution < -0.4 is 0 Å². The molecule has 0 aromatic rings. The third-order valence-corrected chi connectivity index (χ3v) is 5.99. The maximum Gasteiger partial charge on any atom is 0.222 e. The van der Waals surface area contributed by atoms with Gasteiger partial charge in [0.1, 0.15) is 0 Å². The Bertz CT molecular complexity index is 229. The van der Waals surface area contributed by atoms with Gasteiger partial charge in [-0.1, -0.05) is 28.0 Å². The summed E-state index contributed by atoms with van der Waals surface area (Å²) in [5.74, 6) is 1.31. The molecular formula is C12H23NO3S2. The molecule has 18 heavy (non-hydrogen) atoms. The molecule has 1 rings (SSSR count). The number of rotatable bonds is 9. The average molecular weight is 293 g/mol. The first-order valence-electron chi connectivity index (χ1n) is 6.55. The van der Waals surface area contributed by atoms with Crippen LogP contribution >= 0.6 is 21.6 Å². The van der Waals surface area contributed by atoms with Crippen molar-refractivity contribution in [2.24, 2.45) is 0 Å². The van der Waals surface area contributed by atoms with Gasteiger partial charge in [0, 0.05) is 30.5 Å². The molecular weight excluding hydrogens is 270 g/mol. The number of hydrogen-bond acceptors (Lipinski definition) is 5. The monoisotopic (exact) mass is 293 g/mol. The van der Waals surface area contributed by atoms with E-state index in [-0.39, 0.29) is 19.1 Å². The fraction of sp³-hybridized carbons (Fsp3) is 0.917. The lowest BCUT2D eigenvalue weighted by Crippen LogP contribution is -2.35. The van der Waals surface area contributed by atoms with Crippen molar-refractivity contribution in [1.29, 1.82) is 0 Å². The Hall–Kier alpha value is 0.0900. The number of aliphatic hydroxyl groups excluding tert-OH is 2. The second-order valence-corrected chi connectivity index (χ2v) is 7.19. The third kappa shape index (κ3) is 6.31. The van der Waals surface area contributed by atoms with E-state index in [2.05, 4.69) is 0 Å². The van der Waals surface area contributed by atoms with Crippen LogP contribution in [-0.4, -0.2) is 58.3 Å². The highest BCUT2D eigenvalue weighted by molar-refractivity contribution is 8.77. The van der Waals surface area contributed by atoms with Gasteiger partial charge >= 0.3 is 0 Å². The van der Waals surface area contributed by atoms with Gasteiger partial charge in [0.25, 0.3) is 0 Å². The zero-order chi connectivity index (χ0) is 13.2. The molecule has 1 heterocycles. The van der Waals surface area contributed by atoms with Gasteiger partial charge in [-0.25, -0.2) is 0 Å². The van der Waals surface area contributed by atoms with Gasteiger partial charge in [-0.15, -0.1) is 0 Å². The highest BCUT2D eigenvalue weighted by atomic mass is 33.1. The van der Waals surface area contributed by atoms with Crippen molar-refractivity contribution in [3.8, 4) is 0 Å². The molecule has 0 radical (unpaired) electrons. The van der Waals surface area contributed by atoms with Crippen LogP contribution in [0.2, 0.25) is 0 Å². The zero-order valence-corrected chi connectivity index (χ0v) is 12.3. The number of unbranched alkanes of at least 4 members (excludes halogenated alkanes) is 1. The minimum absolute atomic E-state index is 0.0400. The van der Waals surface area contributed by atoms with Crippen molar-refractivity contribution in [3.63, 3.8) is 0 Å². The standard InChI is InChI=1S/C12H23NO3S2/c14-8-6-13(7-9-15)12(16)4-2-1-3-11-5-10-17-18-11/h11,14-15H,1-10H2. The van der Waals surface area contributed by atoms with Crippen LogP contribution in [0.5, 0.6) is 0 Å². The molecule has 0 bridgehead atoms. The molecule has 1 aliphatic heterocycles. The molecule has 1 atom stereocenters. The maximum atomic E-state index is 11.8. The number of carbonyl (C=O) groups is 1. The average Bonchev–Trinajstić information content (AvgIpc) is 2.87. The molecule has 0 spiro atoms. The topological polar surface area (TPSA) is 60.8 Å². The van der Waals surface area contributed by atoms with Crippen LogP contribution in [0.25, 0.3) is 0 Å². The molecule has 106 valence electrons. The Labute approximate surface area is 117 Å². The van der Waals surface area contributed by atoms with E-state index < -0.39 is 0 Å². The van der Waals surface area contributed by atoms with Gasteiger partial charge in [0.15, 0.2) is 0 Å². The molecule has 1 aliphatic rings. The number of hydrogen-bond donors (Lipinski definition) is 2. The highest BCUT2D eigenvalue weighted by Crippen LogP contribution is 2.39. The number of nitrogens with zero attached hydrogens (tertiary/aromatic N) is 1. The number of carbonyl (C=O) groups excluding carboxylic acids is 1. The molecule has 1 unspecified atom stereocenters. The SMILES string of the molecule is O=C(CCCCC1CCSS1)N(CCO)CCO. The van der Waals surface area contributed by atoms with Crippen molar-refractivity contribution < 1.29 is 15.0 Å². The summed E-state index contributed by atoms with van der Waals surface area (Å²) >= 11 is 0. The van der Waals surface area contributed by atoms with Gasteiger partial charge in [-0.05, 0) is 19.3 Å². The van der Waals surface area contributed by atoms with E-state index in [1.54, 1.807) is 4.90 Å². The summed E-state index contributed by atoms with van der Waals surface area (Å²) < 4.78 is 0. The maximum absolute atomic E-state index is 11.8. The van der Waals surface area contributed by atoms with Crippen LogP contribution in [0.15, 0.2) is 0 Å². The van der Waals surface area contributed by atoms with Gasteiger partial charge in [0.05, 0.1) is 13.2 Å². The Morgan fingerprint density at radius 1 is 1.22 bits per heavy atom. The summed E-state index contributed by atoms with van der Waals surface area (Å²) in [6.07, 6.45) is 5.03. The van der Waals surface area contributed by atoms with Crippen LogP contribution in [0.1, 0.15) is 32.1 Å². The lowest BCUT2D eigenvalue weighted by Gasteiger charge is -2.20. The molecule has 2 N–H and O–H groups in total. The molecule has 0 aromatic heterocycles.